The lowest BCUT2D eigenvalue weighted by atomic mass is 10.0. The number of hydrogen-bond donors (Lipinski definition) is 1. The molecule has 0 radical (unpaired) electrons. The highest BCUT2D eigenvalue weighted by Crippen LogP contribution is 2.24. The lowest BCUT2D eigenvalue weighted by Gasteiger charge is -2.32. The van der Waals surface area contributed by atoms with E-state index in [1.807, 2.05) is 0 Å². The van der Waals surface area contributed by atoms with Crippen LogP contribution in [0.1, 0.15) is 297 Å². The zero-order valence-electron chi connectivity index (χ0n) is 42.4. The molecule has 61 heavy (non-hydrogen) atoms. The summed E-state index contributed by atoms with van der Waals surface area (Å²) in [5.41, 5.74) is 0. The first-order valence-corrected chi connectivity index (χ1v) is 30.7. The highest BCUT2D eigenvalue weighted by molar-refractivity contribution is 8.13. The number of hydrogen-bond acceptors (Lipinski definition) is 6. The molecule has 7 heteroatoms. The summed E-state index contributed by atoms with van der Waals surface area (Å²) < 4.78 is 20.7. The molecule has 0 aliphatic carbocycles. The van der Waals surface area contributed by atoms with E-state index in [1.165, 1.54) is 231 Å². The van der Waals surface area contributed by atoms with Gasteiger partial charge in [-0.1, -0.05) is 271 Å². The largest absolute Gasteiger partial charge is 0.501 e. The van der Waals surface area contributed by atoms with E-state index in [-0.39, 0.29) is 0 Å². The summed E-state index contributed by atoms with van der Waals surface area (Å²) in [7, 11) is -0.827. The molecule has 0 aliphatic heterocycles. The molecule has 0 aromatic carbocycles. The number of rotatable bonds is 53. The van der Waals surface area contributed by atoms with E-state index >= 15 is 0 Å². The average Bonchev–Trinajstić information content (AvgIpc) is 3.27. The highest BCUT2D eigenvalue weighted by atomic mass is 32.2. The summed E-state index contributed by atoms with van der Waals surface area (Å²) in [6, 6.07) is 1.13. The van der Waals surface area contributed by atoms with Crippen molar-refractivity contribution in [3.05, 3.63) is 0 Å². The van der Waals surface area contributed by atoms with Gasteiger partial charge in [0.1, 0.15) is 0 Å². The number of thioether (sulfide) groups is 1. The van der Waals surface area contributed by atoms with Crippen molar-refractivity contribution in [2.24, 2.45) is 0 Å². The summed E-state index contributed by atoms with van der Waals surface area (Å²) in [4.78, 5) is 12.9. The van der Waals surface area contributed by atoms with Gasteiger partial charge >= 0.3 is 8.80 Å². The maximum atomic E-state index is 12.9. The first-order valence-electron chi connectivity index (χ1n) is 27.8. The number of carbonyl (C=O) groups excluding carboxylic acids is 1. The Bertz CT molecular complexity index is 828. The lowest BCUT2D eigenvalue weighted by Crippen LogP contribution is -2.49. The first-order chi connectivity index (χ1) is 30.1. The van der Waals surface area contributed by atoms with Gasteiger partial charge in [0.05, 0.1) is 6.61 Å². The van der Waals surface area contributed by atoms with Crippen molar-refractivity contribution in [1.82, 2.24) is 5.32 Å². The average molecular weight is 899 g/mol. The molecular weight excluding hydrogens is 787 g/mol. The van der Waals surface area contributed by atoms with Crippen molar-refractivity contribution in [3.63, 3.8) is 0 Å². The van der Waals surface area contributed by atoms with E-state index in [0.717, 1.165) is 57.1 Å². The van der Waals surface area contributed by atoms with Crippen LogP contribution in [0.3, 0.4) is 0 Å². The van der Waals surface area contributed by atoms with Crippen LogP contribution in [0.15, 0.2) is 0 Å². The van der Waals surface area contributed by atoms with Crippen LogP contribution in [-0.2, 0) is 18.1 Å². The summed E-state index contributed by atoms with van der Waals surface area (Å²) in [6.45, 7) is 11.3. The third-order valence-corrected chi connectivity index (χ3v) is 16.7. The predicted octanol–water partition coefficient (Wildman–Crippen LogP) is 18.3. The molecular formula is C54H111NO4SSi. The van der Waals surface area contributed by atoms with Crippen LogP contribution in [0, 0.1) is 0 Å². The van der Waals surface area contributed by atoms with Crippen LogP contribution in [-0.4, -0.2) is 52.6 Å². The minimum Gasteiger partial charge on any atom is -0.373 e. The SMILES string of the molecule is CCCCCCCCCCCCCCCCC(CO[Si](CCCSC(=O)CCCCCCCCCCC)(OCCCCCCCCCC)OCCCCCCCCCC)NC. The minimum absolute atomic E-state index is 0.315. The third-order valence-electron chi connectivity index (χ3n) is 12.8. The lowest BCUT2D eigenvalue weighted by molar-refractivity contribution is -0.111. The van der Waals surface area contributed by atoms with Crippen LogP contribution in [0.5, 0.6) is 0 Å². The van der Waals surface area contributed by atoms with E-state index < -0.39 is 8.80 Å². The molecule has 366 valence electrons. The summed E-state index contributed by atoms with van der Waals surface area (Å²) in [5.74, 6) is 0.838. The zero-order chi connectivity index (χ0) is 44.4. The second kappa shape index (κ2) is 51.1. The standard InChI is InChI=1S/C54H111NO4SSi/c1-6-10-14-18-22-26-27-28-29-30-32-33-37-41-46-53(55-5)52-59-61(57-48-43-39-35-24-20-16-12-8-3,58-49-44-40-36-25-21-17-13-9-4)51-45-50-60-54(56)47-42-38-34-31-23-19-15-11-7-2/h53,55H,6-52H2,1-5H3. The van der Waals surface area contributed by atoms with E-state index in [1.54, 1.807) is 11.8 Å². The number of nitrogens with one attached hydrogen (secondary N) is 1. The molecule has 0 heterocycles. The van der Waals surface area contributed by atoms with Gasteiger partial charge in [0.25, 0.3) is 0 Å². The number of likely N-dealkylation sites (N-methyl/N-ethyl adjacent to an activating group) is 1. The molecule has 0 fully saturated rings. The molecule has 0 saturated heterocycles. The quantitative estimate of drug-likeness (QED) is 0.0485. The summed E-state index contributed by atoms with van der Waals surface area (Å²) in [6.07, 6.45) is 54.5. The van der Waals surface area contributed by atoms with Gasteiger partial charge in [0.15, 0.2) is 5.12 Å². The monoisotopic (exact) mass is 898 g/mol. The molecule has 0 aliphatic rings. The fraction of sp³-hybridized carbons (Fsp3) is 0.981. The first kappa shape index (κ1) is 61.1. The van der Waals surface area contributed by atoms with Gasteiger partial charge in [-0.25, -0.2) is 0 Å². The van der Waals surface area contributed by atoms with E-state index in [4.69, 9.17) is 13.3 Å². The molecule has 1 unspecified atom stereocenters. The molecule has 1 N–H and O–H groups in total. The Morgan fingerprint density at radius 3 is 1.11 bits per heavy atom. The van der Waals surface area contributed by atoms with Crippen molar-refractivity contribution in [2.45, 2.75) is 309 Å². The maximum Gasteiger partial charge on any atom is 0.501 e. The van der Waals surface area contributed by atoms with Crippen molar-refractivity contribution in [2.75, 3.05) is 32.6 Å². The van der Waals surface area contributed by atoms with Crippen LogP contribution in [0.2, 0.25) is 6.04 Å². The number of carbonyl (C=O) groups is 1. The molecule has 0 amide bonds. The van der Waals surface area contributed by atoms with Gasteiger partial charge in [-0.05, 0) is 39.2 Å². The predicted molar refractivity (Wildman–Crippen MR) is 275 cm³/mol. The van der Waals surface area contributed by atoms with Gasteiger partial charge < -0.3 is 18.6 Å². The fourth-order valence-corrected chi connectivity index (χ4v) is 12.2. The zero-order valence-corrected chi connectivity index (χ0v) is 44.2. The molecule has 0 aromatic rings. The van der Waals surface area contributed by atoms with E-state index in [0.29, 0.717) is 24.2 Å². The molecule has 5 nitrogen and oxygen atoms in total. The maximum absolute atomic E-state index is 12.9. The van der Waals surface area contributed by atoms with Crippen molar-refractivity contribution in [1.29, 1.82) is 0 Å². The van der Waals surface area contributed by atoms with Crippen LogP contribution >= 0.6 is 11.8 Å². The summed E-state index contributed by atoms with van der Waals surface area (Å²) >= 11 is 1.54. The Balaban J connectivity index is 5.11. The third kappa shape index (κ3) is 45.0. The summed E-state index contributed by atoms with van der Waals surface area (Å²) in [5, 5.41) is 3.95. The normalized spacial score (nSPS) is 12.5. The Morgan fingerprint density at radius 2 is 0.754 bits per heavy atom. The second-order valence-corrected chi connectivity index (χ2v) is 22.8. The Labute approximate surface area is 389 Å². The van der Waals surface area contributed by atoms with Gasteiger partial charge in [-0.3, -0.25) is 4.79 Å². The van der Waals surface area contributed by atoms with Crippen molar-refractivity contribution >= 4 is 25.7 Å². The Kier molecular flexibility index (Phi) is 51.1. The Morgan fingerprint density at radius 1 is 0.426 bits per heavy atom. The van der Waals surface area contributed by atoms with Crippen molar-refractivity contribution < 1.29 is 18.1 Å². The second-order valence-electron chi connectivity index (χ2n) is 18.9. The van der Waals surface area contributed by atoms with Gasteiger partial charge in [0, 0.05) is 37.5 Å². The van der Waals surface area contributed by atoms with Crippen LogP contribution in [0.4, 0.5) is 0 Å². The van der Waals surface area contributed by atoms with Gasteiger partial charge in [0.2, 0.25) is 0 Å². The van der Waals surface area contributed by atoms with E-state index in [9.17, 15) is 4.79 Å². The minimum atomic E-state index is -2.92. The van der Waals surface area contributed by atoms with Gasteiger partial charge in [-0.15, -0.1) is 0 Å². The molecule has 1 atom stereocenters. The van der Waals surface area contributed by atoms with E-state index in [2.05, 4.69) is 40.1 Å². The highest BCUT2D eigenvalue weighted by Gasteiger charge is 2.41. The van der Waals surface area contributed by atoms with Gasteiger partial charge in [-0.2, -0.15) is 0 Å². The smallest absolute Gasteiger partial charge is 0.373 e. The molecule has 0 rings (SSSR count). The topological polar surface area (TPSA) is 56.8 Å². The molecule has 0 saturated carbocycles. The fourth-order valence-electron chi connectivity index (χ4n) is 8.52. The number of unbranched alkanes of at least 4 members (excludes halogenated alkanes) is 35. The molecule has 0 bridgehead atoms. The molecule has 0 aromatic heterocycles. The van der Waals surface area contributed by atoms with Crippen molar-refractivity contribution in [3.8, 4) is 0 Å². The van der Waals surface area contributed by atoms with Crippen LogP contribution < -0.4 is 5.32 Å². The Hall–Kier alpha value is 0.0769. The van der Waals surface area contributed by atoms with Crippen LogP contribution in [0.25, 0.3) is 0 Å². The molecule has 0 spiro atoms.